The number of thiazole rings is 1. The van der Waals surface area contributed by atoms with Crippen LogP contribution in [0.15, 0.2) is 3.92 Å². The molecule has 0 aliphatic rings. The largest absolute Gasteiger partial charge is 0.383 e. The van der Waals surface area contributed by atoms with E-state index in [0.717, 1.165) is 16.8 Å². The van der Waals surface area contributed by atoms with E-state index in [0.29, 0.717) is 5.82 Å². The van der Waals surface area contributed by atoms with Crippen LogP contribution in [0.4, 0.5) is 5.82 Å². The van der Waals surface area contributed by atoms with E-state index in [4.69, 9.17) is 5.73 Å². The van der Waals surface area contributed by atoms with Gasteiger partial charge in [-0.2, -0.15) is 0 Å². The second-order valence-electron chi connectivity index (χ2n) is 2.03. The molecule has 0 bridgehead atoms. The van der Waals surface area contributed by atoms with Crippen molar-refractivity contribution in [3.05, 3.63) is 8.79 Å². The van der Waals surface area contributed by atoms with Gasteiger partial charge in [0.25, 0.3) is 0 Å². The van der Waals surface area contributed by atoms with Crippen LogP contribution < -0.4 is 5.73 Å². The van der Waals surface area contributed by atoms with Crippen LogP contribution >= 0.6 is 27.3 Å². The third-order valence-electron chi connectivity index (χ3n) is 1.18. The van der Waals surface area contributed by atoms with E-state index in [1.807, 2.05) is 0 Å². The van der Waals surface area contributed by atoms with E-state index >= 15 is 0 Å². The quantitative estimate of drug-likeness (QED) is 0.832. The smallest absolute Gasteiger partial charge is 0.161 e. The molecule has 0 atom stereocenters. The minimum atomic E-state index is 0.679. The first kappa shape index (κ1) is 8.01. The molecule has 1 rings (SSSR count). The van der Waals surface area contributed by atoms with Crippen molar-refractivity contribution >= 4 is 33.1 Å². The number of rotatable bonds is 2. The summed E-state index contributed by atoms with van der Waals surface area (Å²) in [6, 6.07) is 0. The molecule has 56 valence electrons. The second kappa shape index (κ2) is 3.34. The average molecular weight is 221 g/mol. The topological polar surface area (TPSA) is 38.9 Å². The van der Waals surface area contributed by atoms with Crippen LogP contribution in [0.25, 0.3) is 0 Å². The number of halogens is 1. The van der Waals surface area contributed by atoms with Crippen molar-refractivity contribution in [2.45, 2.75) is 19.8 Å². The zero-order chi connectivity index (χ0) is 7.56. The Labute approximate surface area is 72.6 Å². The van der Waals surface area contributed by atoms with Gasteiger partial charge in [-0.25, -0.2) is 4.98 Å². The first-order chi connectivity index (χ1) is 4.74. The molecule has 0 fully saturated rings. The van der Waals surface area contributed by atoms with Gasteiger partial charge >= 0.3 is 0 Å². The number of aromatic nitrogens is 1. The van der Waals surface area contributed by atoms with Crippen molar-refractivity contribution in [2.75, 3.05) is 5.73 Å². The molecule has 0 spiro atoms. The summed E-state index contributed by atoms with van der Waals surface area (Å²) in [5.41, 5.74) is 5.60. The molecule has 0 saturated heterocycles. The standard InChI is InChI=1S/C6H9BrN2S/c1-2-3-4-5(8)9-6(7)10-4/h2-3,8H2,1H3. The molecule has 0 unspecified atom stereocenters. The van der Waals surface area contributed by atoms with Gasteiger partial charge < -0.3 is 5.73 Å². The summed E-state index contributed by atoms with van der Waals surface area (Å²) in [6.07, 6.45) is 2.16. The van der Waals surface area contributed by atoms with Crippen LogP contribution in [-0.2, 0) is 6.42 Å². The highest BCUT2D eigenvalue weighted by atomic mass is 79.9. The maximum absolute atomic E-state index is 5.60. The minimum Gasteiger partial charge on any atom is -0.383 e. The molecular weight excluding hydrogens is 212 g/mol. The van der Waals surface area contributed by atoms with E-state index in [1.54, 1.807) is 11.3 Å². The van der Waals surface area contributed by atoms with Crippen LogP contribution in [0, 0.1) is 0 Å². The van der Waals surface area contributed by atoms with Crippen LogP contribution in [0.1, 0.15) is 18.2 Å². The fourth-order valence-corrected chi connectivity index (χ4v) is 2.32. The van der Waals surface area contributed by atoms with Gasteiger partial charge in [-0.1, -0.05) is 13.3 Å². The molecule has 0 aromatic carbocycles. The molecule has 4 heteroatoms. The summed E-state index contributed by atoms with van der Waals surface area (Å²) in [4.78, 5) is 5.23. The summed E-state index contributed by atoms with van der Waals surface area (Å²) < 4.78 is 0.883. The first-order valence-corrected chi connectivity index (χ1v) is 4.75. The molecule has 0 aliphatic carbocycles. The molecule has 10 heavy (non-hydrogen) atoms. The Kier molecular flexibility index (Phi) is 2.68. The van der Waals surface area contributed by atoms with Crippen molar-refractivity contribution in [1.82, 2.24) is 4.98 Å². The molecule has 2 N–H and O–H groups in total. The lowest BCUT2D eigenvalue weighted by molar-refractivity contribution is 0.939. The SMILES string of the molecule is CCCc1sc(Br)nc1N. The van der Waals surface area contributed by atoms with E-state index < -0.39 is 0 Å². The number of anilines is 1. The van der Waals surface area contributed by atoms with Gasteiger partial charge in [0.05, 0.1) is 0 Å². The molecule has 1 heterocycles. The Morgan fingerprint density at radius 3 is 2.80 bits per heavy atom. The molecule has 0 radical (unpaired) electrons. The molecule has 0 aliphatic heterocycles. The number of nitrogen functional groups attached to an aromatic ring is 1. The average Bonchev–Trinajstić information content (AvgIpc) is 2.13. The summed E-state index contributed by atoms with van der Waals surface area (Å²) in [5.74, 6) is 0.679. The number of hydrogen-bond acceptors (Lipinski definition) is 3. The van der Waals surface area contributed by atoms with Crippen LogP contribution in [0.3, 0.4) is 0 Å². The number of nitrogens with zero attached hydrogens (tertiary/aromatic N) is 1. The first-order valence-electron chi connectivity index (χ1n) is 3.14. The highest BCUT2D eigenvalue weighted by molar-refractivity contribution is 9.11. The fourth-order valence-electron chi connectivity index (χ4n) is 0.740. The van der Waals surface area contributed by atoms with E-state index in [2.05, 4.69) is 27.8 Å². The van der Waals surface area contributed by atoms with E-state index in [9.17, 15) is 0 Å². The maximum atomic E-state index is 5.60. The highest BCUT2D eigenvalue weighted by Gasteiger charge is 2.03. The third-order valence-corrected chi connectivity index (χ3v) is 2.76. The lowest BCUT2D eigenvalue weighted by atomic mass is 10.3. The summed E-state index contributed by atoms with van der Waals surface area (Å²) in [6.45, 7) is 2.13. The van der Waals surface area contributed by atoms with Gasteiger partial charge in [0.2, 0.25) is 0 Å². The van der Waals surface area contributed by atoms with Crippen molar-refractivity contribution in [3.8, 4) is 0 Å². The van der Waals surface area contributed by atoms with Gasteiger partial charge in [0.1, 0.15) is 5.82 Å². The molecule has 2 nitrogen and oxygen atoms in total. The Morgan fingerprint density at radius 2 is 2.40 bits per heavy atom. The molecule has 0 saturated carbocycles. The minimum absolute atomic E-state index is 0.679. The lowest BCUT2D eigenvalue weighted by Crippen LogP contribution is -1.89. The second-order valence-corrected chi connectivity index (χ2v) is 4.38. The molecular formula is C6H9BrN2S. The predicted octanol–water partition coefficient (Wildman–Crippen LogP) is 2.44. The van der Waals surface area contributed by atoms with E-state index in [-0.39, 0.29) is 0 Å². The molecule has 0 amide bonds. The van der Waals surface area contributed by atoms with Gasteiger partial charge in [-0.3, -0.25) is 0 Å². The van der Waals surface area contributed by atoms with Crippen LogP contribution in [0.2, 0.25) is 0 Å². The lowest BCUT2D eigenvalue weighted by Gasteiger charge is -1.90. The molecule has 1 aromatic rings. The Morgan fingerprint density at radius 1 is 1.70 bits per heavy atom. The normalized spacial score (nSPS) is 10.2. The number of hydrogen-bond donors (Lipinski definition) is 1. The maximum Gasteiger partial charge on any atom is 0.161 e. The third kappa shape index (κ3) is 1.70. The Balaban J connectivity index is 2.81. The van der Waals surface area contributed by atoms with Gasteiger partial charge in [-0.15, -0.1) is 11.3 Å². The zero-order valence-corrected chi connectivity index (χ0v) is 8.13. The molecule has 1 aromatic heterocycles. The van der Waals surface area contributed by atoms with Crippen molar-refractivity contribution in [1.29, 1.82) is 0 Å². The number of aryl methyl sites for hydroxylation is 1. The van der Waals surface area contributed by atoms with Gasteiger partial charge in [0, 0.05) is 4.88 Å². The summed E-state index contributed by atoms with van der Waals surface area (Å²) >= 11 is 4.90. The van der Waals surface area contributed by atoms with Crippen LogP contribution in [0.5, 0.6) is 0 Å². The zero-order valence-electron chi connectivity index (χ0n) is 5.72. The monoisotopic (exact) mass is 220 g/mol. The van der Waals surface area contributed by atoms with Crippen molar-refractivity contribution in [2.24, 2.45) is 0 Å². The fraction of sp³-hybridized carbons (Fsp3) is 0.500. The predicted molar refractivity (Wildman–Crippen MR) is 48.2 cm³/mol. The van der Waals surface area contributed by atoms with Gasteiger partial charge in [0.15, 0.2) is 3.92 Å². The Hall–Kier alpha value is -0.0900. The number of nitrogens with two attached hydrogens (primary N) is 1. The summed E-state index contributed by atoms with van der Waals surface area (Å²) in [7, 11) is 0. The Bertz CT molecular complexity index is 222. The van der Waals surface area contributed by atoms with E-state index in [1.165, 1.54) is 4.88 Å². The highest BCUT2D eigenvalue weighted by Crippen LogP contribution is 2.25. The van der Waals surface area contributed by atoms with Crippen molar-refractivity contribution in [3.63, 3.8) is 0 Å². The van der Waals surface area contributed by atoms with Crippen molar-refractivity contribution < 1.29 is 0 Å². The van der Waals surface area contributed by atoms with Gasteiger partial charge in [-0.05, 0) is 22.4 Å². The summed E-state index contributed by atoms with van der Waals surface area (Å²) in [5, 5.41) is 0. The van der Waals surface area contributed by atoms with Crippen LogP contribution in [-0.4, -0.2) is 4.98 Å².